The lowest BCUT2D eigenvalue weighted by Gasteiger charge is -2.32. The number of hydrogen-bond donors (Lipinski definition) is 2. The minimum absolute atomic E-state index is 0.149. The summed E-state index contributed by atoms with van der Waals surface area (Å²) in [5.41, 5.74) is -0.629. The van der Waals surface area contributed by atoms with Crippen LogP contribution in [0, 0.1) is 5.92 Å². The molecule has 1 unspecified atom stereocenters. The second-order valence-corrected chi connectivity index (χ2v) is 5.85. The summed E-state index contributed by atoms with van der Waals surface area (Å²) in [6, 6.07) is 0.149. The first-order valence-corrected chi connectivity index (χ1v) is 6.57. The van der Waals surface area contributed by atoms with Crippen molar-refractivity contribution in [3.8, 4) is 0 Å². The van der Waals surface area contributed by atoms with E-state index in [2.05, 4.69) is 17.1 Å². The molecule has 1 aliphatic rings. The Kier molecular flexibility index (Phi) is 5.22. The van der Waals surface area contributed by atoms with Crippen LogP contribution in [0.15, 0.2) is 0 Å². The molecule has 96 valence electrons. The second kappa shape index (κ2) is 5.99. The number of hydrogen-bond acceptors (Lipinski definition) is 3. The summed E-state index contributed by atoms with van der Waals surface area (Å²) in [4.78, 5) is 2.52. The van der Waals surface area contributed by atoms with Gasteiger partial charge in [-0.2, -0.15) is 0 Å². The summed E-state index contributed by atoms with van der Waals surface area (Å²) in [6.07, 6.45) is 2.67. The molecule has 0 aromatic carbocycles. The van der Waals surface area contributed by atoms with Gasteiger partial charge < -0.3 is 15.3 Å². The molecule has 0 aliphatic carbocycles. The standard InChI is InChI=1S/C13H28N2O/c1-11-5-8-15(9-6-11)10-7-14-12(2)13(3,4)16/h11-12,14,16H,5-10H2,1-4H3. The van der Waals surface area contributed by atoms with E-state index in [4.69, 9.17) is 0 Å². The summed E-state index contributed by atoms with van der Waals surface area (Å²) in [5.74, 6) is 0.902. The third-order valence-corrected chi connectivity index (χ3v) is 3.81. The van der Waals surface area contributed by atoms with Crippen molar-refractivity contribution in [3.63, 3.8) is 0 Å². The number of nitrogens with one attached hydrogen (secondary N) is 1. The molecule has 3 nitrogen and oxygen atoms in total. The second-order valence-electron chi connectivity index (χ2n) is 5.85. The highest BCUT2D eigenvalue weighted by molar-refractivity contribution is 4.80. The van der Waals surface area contributed by atoms with Gasteiger partial charge in [-0.05, 0) is 52.6 Å². The summed E-state index contributed by atoms with van der Waals surface area (Å²) < 4.78 is 0. The van der Waals surface area contributed by atoms with Crippen LogP contribution >= 0.6 is 0 Å². The molecule has 3 heteroatoms. The minimum atomic E-state index is -0.629. The average Bonchev–Trinajstić information content (AvgIpc) is 2.19. The van der Waals surface area contributed by atoms with Gasteiger partial charge in [-0.15, -0.1) is 0 Å². The van der Waals surface area contributed by atoms with Crippen LogP contribution in [-0.2, 0) is 0 Å². The zero-order valence-corrected chi connectivity index (χ0v) is 11.3. The lowest BCUT2D eigenvalue weighted by Crippen LogP contribution is -2.47. The zero-order chi connectivity index (χ0) is 12.2. The molecule has 1 heterocycles. The summed E-state index contributed by atoms with van der Waals surface area (Å²) in [5, 5.41) is 13.2. The van der Waals surface area contributed by atoms with E-state index < -0.39 is 5.60 Å². The van der Waals surface area contributed by atoms with E-state index in [1.807, 2.05) is 20.8 Å². The summed E-state index contributed by atoms with van der Waals surface area (Å²) in [6.45, 7) is 12.6. The molecule has 0 aromatic rings. The molecule has 0 saturated carbocycles. The molecule has 0 spiro atoms. The van der Waals surface area contributed by atoms with Gasteiger partial charge in [0.25, 0.3) is 0 Å². The molecular weight excluding hydrogens is 200 g/mol. The Morgan fingerprint density at radius 2 is 1.94 bits per heavy atom. The first-order valence-electron chi connectivity index (χ1n) is 6.57. The Morgan fingerprint density at radius 3 is 2.44 bits per heavy atom. The normalized spacial score (nSPS) is 22.3. The lowest BCUT2D eigenvalue weighted by atomic mass is 9.99. The third kappa shape index (κ3) is 4.81. The predicted octanol–water partition coefficient (Wildman–Crippen LogP) is 1.47. The Hall–Kier alpha value is -0.120. The van der Waals surface area contributed by atoms with Crippen LogP contribution in [0.25, 0.3) is 0 Å². The summed E-state index contributed by atoms with van der Waals surface area (Å²) in [7, 11) is 0. The molecule has 1 atom stereocenters. The first-order chi connectivity index (χ1) is 7.39. The first kappa shape index (κ1) is 13.9. The Bertz CT molecular complexity index is 193. The van der Waals surface area contributed by atoms with Crippen molar-refractivity contribution in [1.82, 2.24) is 10.2 Å². The van der Waals surface area contributed by atoms with E-state index in [0.717, 1.165) is 19.0 Å². The van der Waals surface area contributed by atoms with Crippen LogP contribution in [-0.4, -0.2) is 47.8 Å². The van der Waals surface area contributed by atoms with Gasteiger partial charge in [0.1, 0.15) is 0 Å². The topological polar surface area (TPSA) is 35.5 Å². The van der Waals surface area contributed by atoms with E-state index in [-0.39, 0.29) is 6.04 Å². The van der Waals surface area contributed by atoms with E-state index in [0.29, 0.717) is 0 Å². The predicted molar refractivity (Wildman–Crippen MR) is 68.6 cm³/mol. The number of piperidine rings is 1. The molecule has 1 saturated heterocycles. The Morgan fingerprint density at radius 1 is 1.38 bits per heavy atom. The maximum absolute atomic E-state index is 9.78. The van der Waals surface area contributed by atoms with Crippen LogP contribution in [0.4, 0.5) is 0 Å². The summed E-state index contributed by atoms with van der Waals surface area (Å²) >= 11 is 0. The molecule has 0 bridgehead atoms. The van der Waals surface area contributed by atoms with Crippen LogP contribution < -0.4 is 5.32 Å². The fourth-order valence-electron chi connectivity index (χ4n) is 1.97. The highest BCUT2D eigenvalue weighted by Crippen LogP contribution is 2.15. The van der Waals surface area contributed by atoms with Crippen molar-refractivity contribution in [1.29, 1.82) is 0 Å². The van der Waals surface area contributed by atoms with Crippen LogP contribution in [0.5, 0.6) is 0 Å². The van der Waals surface area contributed by atoms with Gasteiger partial charge in [-0.3, -0.25) is 0 Å². The molecule has 1 fully saturated rings. The molecule has 1 rings (SSSR count). The number of likely N-dealkylation sites (tertiary alicyclic amines) is 1. The van der Waals surface area contributed by atoms with Gasteiger partial charge >= 0.3 is 0 Å². The van der Waals surface area contributed by atoms with Gasteiger partial charge in [0.2, 0.25) is 0 Å². The molecule has 0 aromatic heterocycles. The monoisotopic (exact) mass is 228 g/mol. The van der Waals surface area contributed by atoms with Gasteiger partial charge in [0.15, 0.2) is 0 Å². The number of aliphatic hydroxyl groups is 1. The Labute approximate surface area is 100 Å². The van der Waals surface area contributed by atoms with Gasteiger partial charge in [-0.1, -0.05) is 6.92 Å². The fraction of sp³-hybridized carbons (Fsp3) is 1.00. The van der Waals surface area contributed by atoms with Crippen molar-refractivity contribution in [2.24, 2.45) is 5.92 Å². The molecule has 1 aliphatic heterocycles. The van der Waals surface area contributed by atoms with E-state index >= 15 is 0 Å². The highest BCUT2D eigenvalue weighted by Gasteiger charge is 2.22. The Balaban J connectivity index is 2.11. The van der Waals surface area contributed by atoms with Crippen LogP contribution in [0.3, 0.4) is 0 Å². The fourth-order valence-corrected chi connectivity index (χ4v) is 1.97. The zero-order valence-electron chi connectivity index (χ0n) is 11.3. The molecule has 0 radical (unpaired) electrons. The van der Waals surface area contributed by atoms with Crippen molar-refractivity contribution in [2.75, 3.05) is 26.2 Å². The van der Waals surface area contributed by atoms with Crippen molar-refractivity contribution < 1.29 is 5.11 Å². The maximum Gasteiger partial charge on any atom is 0.0741 e. The SMILES string of the molecule is CC1CCN(CCNC(C)C(C)(C)O)CC1. The molecule has 2 N–H and O–H groups in total. The van der Waals surface area contributed by atoms with E-state index in [9.17, 15) is 5.11 Å². The average molecular weight is 228 g/mol. The highest BCUT2D eigenvalue weighted by atomic mass is 16.3. The number of nitrogens with zero attached hydrogens (tertiary/aromatic N) is 1. The van der Waals surface area contributed by atoms with Crippen LogP contribution in [0.1, 0.15) is 40.5 Å². The van der Waals surface area contributed by atoms with Crippen molar-refractivity contribution in [2.45, 2.75) is 52.2 Å². The van der Waals surface area contributed by atoms with E-state index in [1.165, 1.54) is 25.9 Å². The smallest absolute Gasteiger partial charge is 0.0741 e. The number of rotatable bonds is 5. The minimum Gasteiger partial charge on any atom is -0.389 e. The largest absolute Gasteiger partial charge is 0.389 e. The van der Waals surface area contributed by atoms with Gasteiger partial charge in [0, 0.05) is 19.1 Å². The van der Waals surface area contributed by atoms with Crippen LogP contribution in [0.2, 0.25) is 0 Å². The van der Waals surface area contributed by atoms with Crippen molar-refractivity contribution in [3.05, 3.63) is 0 Å². The van der Waals surface area contributed by atoms with Gasteiger partial charge in [-0.25, -0.2) is 0 Å². The lowest BCUT2D eigenvalue weighted by molar-refractivity contribution is 0.0430. The molecule has 16 heavy (non-hydrogen) atoms. The third-order valence-electron chi connectivity index (χ3n) is 3.81. The van der Waals surface area contributed by atoms with Gasteiger partial charge in [0.05, 0.1) is 5.60 Å². The van der Waals surface area contributed by atoms with Crippen molar-refractivity contribution >= 4 is 0 Å². The van der Waals surface area contributed by atoms with E-state index in [1.54, 1.807) is 0 Å². The maximum atomic E-state index is 9.78. The molecular formula is C13H28N2O. The molecule has 0 amide bonds. The quantitative estimate of drug-likeness (QED) is 0.748.